The molecule has 7 heteroatoms. The van der Waals surface area contributed by atoms with Crippen molar-refractivity contribution in [2.24, 2.45) is 4.99 Å². The molecule has 1 saturated heterocycles. The number of hydrogen-bond donors (Lipinski definition) is 2. The van der Waals surface area contributed by atoms with E-state index in [1.165, 1.54) is 0 Å². The Balaban J connectivity index is 1.57. The molecule has 1 aliphatic heterocycles. The van der Waals surface area contributed by atoms with Crippen molar-refractivity contribution >= 4 is 24.5 Å². The second-order valence-electron chi connectivity index (χ2n) is 6.87. The maximum Gasteiger partial charge on any atom is 0.127 e. The average Bonchev–Trinajstić information content (AvgIpc) is 3.16. The first kappa shape index (κ1) is 19.9. The Morgan fingerprint density at radius 2 is 2.11 bits per heavy atom. The van der Waals surface area contributed by atoms with Gasteiger partial charge in [-0.3, -0.25) is 4.99 Å². The summed E-state index contributed by atoms with van der Waals surface area (Å²) in [5.41, 5.74) is 3.17. The molecule has 1 aromatic rings. The lowest BCUT2D eigenvalue weighted by Gasteiger charge is -2.31. The highest BCUT2D eigenvalue weighted by Gasteiger charge is 2.25. The largest absolute Gasteiger partial charge is 0.379 e. The highest BCUT2D eigenvalue weighted by Crippen LogP contribution is 2.35. The minimum absolute atomic E-state index is 0.451. The Morgan fingerprint density at radius 1 is 1.37 bits per heavy atom. The van der Waals surface area contributed by atoms with Crippen LogP contribution in [-0.4, -0.2) is 48.4 Å². The summed E-state index contributed by atoms with van der Waals surface area (Å²) >= 11 is 1.74. The predicted molar refractivity (Wildman–Crippen MR) is 111 cm³/mol. The number of morpholine rings is 1. The monoisotopic (exact) mass is 385 g/mol. The number of aromatic nitrogens is 1. The van der Waals surface area contributed by atoms with Crippen LogP contribution in [0.2, 0.25) is 0 Å². The fourth-order valence-corrected chi connectivity index (χ4v) is 4.50. The number of allylic oxidation sites excluding steroid dienone is 2. The molecule has 2 N–H and O–H groups in total. The number of nitrogens with zero attached hydrogens (tertiary/aromatic N) is 3. The number of aliphatic imine (C=N–C) groups is 1. The SMILES string of the molecule is C=C/C=C(\N=C)c1cc(C2CCC(NSN3CCOCC3)CC2)[nH]c1C#N. The van der Waals surface area contributed by atoms with Gasteiger partial charge in [-0.15, -0.1) is 0 Å². The molecule has 144 valence electrons. The molecule has 6 nitrogen and oxygen atoms in total. The van der Waals surface area contributed by atoms with Crippen molar-refractivity contribution in [1.82, 2.24) is 14.0 Å². The van der Waals surface area contributed by atoms with Gasteiger partial charge in [0.05, 0.1) is 18.9 Å². The zero-order chi connectivity index (χ0) is 19.1. The van der Waals surface area contributed by atoms with Crippen molar-refractivity contribution in [3.05, 3.63) is 41.7 Å². The molecule has 1 aromatic heterocycles. The Morgan fingerprint density at radius 3 is 2.74 bits per heavy atom. The van der Waals surface area contributed by atoms with Gasteiger partial charge in [0.2, 0.25) is 0 Å². The summed E-state index contributed by atoms with van der Waals surface area (Å²) < 4.78 is 11.3. The molecule has 0 spiro atoms. The topological polar surface area (TPSA) is 76.4 Å². The van der Waals surface area contributed by atoms with E-state index in [-0.39, 0.29) is 0 Å². The molecule has 2 heterocycles. The Labute approximate surface area is 165 Å². The van der Waals surface area contributed by atoms with E-state index >= 15 is 0 Å². The summed E-state index contributed by atoms with van der Waals surface area (Å²) in [5, 5.41) is 9.46. The van der Waals surface area contributed by atoms with Crippen LogP contribution in [0.3, 0.4) is 0 Å². The number of ether oxygens (including phenoxy) is 1. The van der Waals surface area contributed by atoms with Crippen LogP contribution in [0.25, 0.3) is 5.70 Å². The number of nitriles is 1. The third kappa shape index (κ3) is 5.11. The normalized spacial score (nSPS) is 24.3. The van der Waals surface area contributed by atoms with Gasteiger partial charge in [-0.05, 0) is 50.5 Å². The van der Waals surface area contributed by atoms with E-state index in [4.69, 9.17) is 4.74 Å². The third-order valence-electron chi connectivity index (χ3n) is 5.16. The predicted octanol–water partition coefficient (Wildman–Crippen LogP) is 3.63. The molecule has 1 saturated carbocycles. The molecular formula is C20H27N5OS. The van der Waals surface area contributed by atoms with Crippen LogP contribution in [0.1, 0.15) is 48.6 Å². The van der Waals surface area contributed by atoms with E-state index in [1.807, 2.05) is 0 Å². The molecule has 0 bridgehead atoms. The summed E-state index contributed by atoms with van der Waals surface area (Å²) in [5.74, 6) is 0.451. The summed E-state index contributed by atoms with van der Waals surface area (Å²) in [6.07, 6.45) is 7.92. The zero-order valence-corrected chi connectivity index (χ0v) is 16.4. The molecule has 2 aliphatic rings. The highest BCUT2D eigenvalue weighted by atomic mass is 32.2. The van der Waals surface area contributed by atoms with Crippen LogP contribution in [0, 0.1) is 11.3 Å². The zero-order valence-electron chi connectivity index (χ0n) is 15.6. The van der Waals surface area contributed by atoms with E-state index < -0.39 is 0 Å². The van der Waals surface area contributed by atoms with Crippen LogP contribution in [0.4, 0.5) is 0 Å². The third-order valence-corrected chi connectivity index (χ3v) is 6.22. The number of rotatable bonds is 7. The van der Waals surface area contributed by atoms with Gasteiger partial charge in [-0.1, -0.05) is 12.7 Å². The molecule has 1 aliphatic carbocycles. The first-order valence-electron chi connectivity index (χ1n) is 9.43. The van der Waals surface area contributed by atoms with E-state index in [9.17, 15) is 5.26 Å². The van der Waals surface area contributed by atoms with Crippen molar-refractivity contribution in [1.29, 1.82) is 5.26 Å². The summed E-state index contributed by atoms with van der Waals surface area (Å²) in [7, 11) is 0. The van der Waals surface area contributed by atoms with Gasteiger partial charge in [0, 0.05) is 42.5 Å². The van der Waals surface area contributed by atoms with Gasteiger partial charge in [0.25, 0.3) is 0 Å². The minimum Gasteiger partial charge on any atom is -0.379 e. The molecule has 0 amide bonds. The van der Waals surface area contributed by atoms with Gasteiger partial charge >= 0.3 is 0 Å². The van der Waals surface area contributed by atoms with Gasteiger partial charge < -0.3 is 9.72 Å². The molecule has 3 rings (SSSR count). The molecule has 2 fully saturated rings. The van der Waals surface area contributed by atoms with E-state index in [2.05, 4.69) is 44.4 Å². The fraction of sp³-hybridized carbons (Fsp3) is 0.500. The summed E-state index contributed by atoms with van der Waals surface area (Å²) in [6.45, 7) is 10.9. The number of aromatic amines is 1. The van der Waals surface area contributed by atoms with Gasteiger partial charge in [0.1, 0.15) is 11.8 Å². The quantitative estimate of drug-likeness (QED) is 0.426. The van der Waals surface area contributed by atoms with Gasteiger partial charge in [0.15, 0.2) is 0 Å². The number of hydrogen-bond acceptors (Lipinski definition) is 6. The minimum atomic E-state index is 0.451. The number of nitrogens with one attached hydrogen (secondary N) is 2. The second-order valence-corrected chi connectivity index (χ2v) is 7.80. The van der Waals surface area contributed by atoms with Crippen LogP contribution in [-0.2, 0) is 4.74 Å². The fourth-order valence-electron chi connectivity index (χ4n) is 3.63. The summed E-state index contributed by atoms with van der Waals surface area (Å²) in [4.78, 5) is 7.34. The molecule has 0 atom stereocenters. The van der Waals surface area contributed by atoms with Crippen LogP contribution >= 0.6 is 12.1 Å². The maximum atomic E-state index is 9.46. The van der Waals surface area contributed by atoms with E-state index in [0.717, 1.165) is 63.2 Å². The Bertz CT molecular complexity index is 721. The standard InChI is InChI=1S/C20H27N5OS/c1-3-4-18(22-2)17-13-19(23-20(17)14-21)15-5-7-16(8-6-15)24-27-25-9-11-26-12-10-25/h3-4,13,15-16,23-24H,1-2,5-12H2/b18-4-. The van der Waals surface area contributed by atoms with Crippen LogP contribution in [0.5, 0.6) is 0 Å². The van der Waals surface area contributed by atoms with Crippen LogP contribution in [0.15, 0.2) is 29.8 Å². The summed E-state index contributed by atoms with van der Waals surface area (Å²) in [6, 6.07) is 4.84. The average molecular weight is 386 g/mol. The van der Waals surface area contributed by atoms with Crippen molar-refractivity contribution in [2.45, 2.75) is 37.6 Å². The highest BCUT2D eigenvalue weighted by molar-refractivity contribution is 7.95. The lowest BCUT2D eigenvalue weighted by atomic mass is 9.84. The maximum absolute atomic E-state index is 9.46. The lowest BCUT2D eigenvalue weighted by molar-refractivity contribution is 0.0768. The smallest absolute Gasteiger partial charge is 0.127 e. The van der Waals surface area contributed by atoms with E-state index in [1.54, 1.807) is 24.3 Å². The van der Waals surface area contributed by atoms with Gasteiger partial charge in [-0.25, -0.2) is 9.03 Å². The van der Waals surface area contributed by atoms with Crippen LogP contribution < -0.4 is 4.72 Å². The molecular weight excluding hydrogens is 358 g/mol. The Kier molecular flexibility index (Phi) is 7.30. The van der Waals surface area contributed by atoms with Crippen molar-refractivity contribution in [3.8, 4) is 6.07 Å². The van der Waals surface area contributed by atoms with Crippen molar-refractivity contribution in [2.75, 3.05) is 26.3 Å². The lowest BCUT2D eigenvalue weighted by Crippen LogP contribution is -2.37. The molecule has 0 aromatic carbocycles. The van der Waals surface area contributed by atoms with Gasteiger partial charge in [-0.2, -0.15) is 5.26 Å². The second kappa shape index (κ2) is 9.90. The molecule has 27 heavy (non-hydrogen) atoms. The molecule has 0 unspecified atom stereocenters. The van der Waals surface area contributed by atoms with Crippen molar-refractivity contribution in [3.63, 3.8) is 0 Å². The first-order chi connectivity index (χ1) is 13.2. The molecule has 0 radical (unpaired) electrons. The Hall–Kier alpha value is -1.85. The first-order valence-corrected chi connectivity index (χ1v) is 10.2. The van der Waals surface area contributed by atoms with E-state index in [0.29, 0.717) is 23.4 Å². The number of H-pyrrole nitrogens is 1. The van der Waals surface area contributed by atoms with Crippen molar-refractivity contribution < 1.29 is 4.74 Å².